The molecule has 0 aromatic heterocycles. The predicted molar refractivity (Wildman–Crippen MR) is 79.3 cm³/mol. The monoisotopic (exact) mass is 276 g/mol. The molecule has 0 spiro atoms. The molecule has 2 atom stereocenters. The first-order valence-corrected chi connectivity index (χ1v) is 7.14. The van der Waals surface area contributed by atoms with Crippen molar-refractivity contribution in [3.05, 3.63) is 35.4 Å². The lowest BCUT2D eigenvalue weighted by molar-refractivity contribution is -0.125. The maximum atomic E-state index is 12.2. The SMILES string of the molecule is Cc1ccc(C(N)C(=O)NC2CCOC(C)(C)C2)cc1. The van der Waals surface area contributed by atoms with E-state index in [2.05, 4.69) is 5.32 Å². The van der Waals surface area contributed by atoms with Gasteiger partial charge in [-0.05, 0) is 39.2 Å². The largest absolute Gasteiger partial charge is 0.375 e. The molecule has 4 nitrogen and oxygen atoms in total. The minimum Gasteiger partial charge on any atom is -0.375 e. The van der Waals surface area contributed by atoms with E-state index in [1.54, 1.807) is 0 Å². The van der Waals surface area contributed by atoms with Crippen molar-refractivity contribution in [2.24, 2.45) is 5.73 Å². The van der Waals surface area contributed by atoms with Gasteiger partial charge in [-0.3, -0.25) is 4.79 Å². The van der Waals surface area contributed by atoms with Gasteiger partial charge < -0.3 is 15.8 Å². The van der Waals surface area contributed by atoms with Gasteiger partial charge in [-0.15, -0.1) is 0 Å². The first kappa shape index (κ1) is 15.0. The van der Waals surface area contributed by atoms with Crippen LogP contribution >= 0.6 is 0 Å². The number of ether oxygens (including phenoxy) is 1. The van der Waals surface area contributed by atoms with Gasteiger partial charge in [-0.25, -0.2) is 0 Å². The van der Waals surface area contributed by atoms with Crippen LogP contribution in [0, 0.1) is 6.92 Å². The highest BCUT2D eigenvalue weighted by Crippen LogP contribution is 2.24. The zero-order valence-corrected chi connectivity index (χ0v) is 12.5. The van der Waals surface area contributed by atoms with Crippen molar-refractivity contribution in [3.8, 4) is 0 Å². The van der Waals surface area contributed by atoms with Crippen LogP contribution in [0.5, 0.6) is 0 Å². The highest BCUT2D eigenvalue weighted by molar-refractivity contribution is 5.83. The molecule has 0 saturated carbocycles. The van der Waals surface area contributed by atoms with Gasteiger partial charge in [0.25, 0.3) is 0 Å². The molecular formula is C16H24N2O2. The maximum Gasteiger partial charge on any atom is 0.241 e. The summed E-state index contributed by atoms with van der Waals surface area (Å²) in [7, 11) is 0. The fourth-order valence-electron chi connectivity index (χ4n) is 2.57. The van der Waals surface area contributed by atoms with Gasteiger partial charge in [0.1, 0.15) is 6.04 Å². The van der Waals surface area contributed by atoms with Gasteiger partial charge in [-0.1, -0.05) is 29.8 Å². The molecular weight excluding hydrogens is 252 g/mol. The maximum absolute atomic E-state index is 12.2. The summed E-state index contributed by atoms with van der Waals surface area (Å²) in [5.74, 6) is -0.114. The Labute approximate surface area is 120 Å². The van der Waals surface area contributed by atoms with E-state index in [0.29, 0.717) is 6.61 Å². The Bertz CT molecular complexity index is 468. The van der Waals surface area contributed by atoms with E-state index in [1.807, 2.05) is 45.0 Å². The first-order chi connectivity index (χ1) is 9.37. The van der Waals surface area contributed by atoms with Crippen molar-refractivity contribution < 1.29 is 9.53 Å². The number of rotatable bonds is 3. The van der Waals surface area contributed by atoms with Crippen molar-refractivity contribution in [2.75, 3.05) is 6.61 Å². The molecule has 3 N–H and O–H groups in total. The number of hydrogen-bond donors (Lipinski definition) is 2. The molecule has 0 bridgehead atoms. The quantitative estimate of drug-likeness (QED) is 0.888. The molecule has 1 amide bonds. The molecule has 1 aromatic rings. The van der Waals surface area contributed by atoms with E-state index < -0.39 is 6.04 Å². The second kappa shape index (κ2) is 5.94. The van der Waals surface area contributed by atoms with Crippen LogP contribution in [0.2, 0.25) is 0 Å². The van der Waals surface area contributed by atoms with Crippen molar-refractivity contribution in [1.29, 1.82) is 0 Å². The van der Waals surface area contributed by atoms with E-state index in [4.69, 9.17) is 10.5 Å². The standard InChI is InChI=1S/C16H24N2O2/c1-11-4-6-12(7-5-11)14(17)15(19)18-13-8-9-20-16(2,3)10-13/h4-7,13-14H,8-10,17H2,1-3H3,(H,18,19). The van der Waals surface area contributed by atoms with E-state index in [9.17, 15) is 4.79 Å². The van der Waals surface area contributed by atoms with Crippen LogP contribution in [0.1, 0.15) is 43.9 Å². The third kappa shape index (κ3) is 3.81. The van der Waals surface area contributed by atoms with Crippen LogP contribution < -0.4 is 11.1 Å². The number of hydrogen-bond acceptors (Lipinski definition) is 3. The van der Waals surface area contributed by atoms with Gasteiger partial charge in [0.05, 0.1) is 5.60 Å². The summed E-state index contributed by atoms with van der Waals surface area (Å²) in [5.41, 5.74) is 7.86. The Morgan fingerprint density at radius 2 is 2.05 bits per heavy atom. The average molecular weight is 276 g/mol. The fourth-order valence-corrected chi connectivity index (χ4v) is 2.57. The molecule has 20 heavy (non-hydrogen) atoms. The predicted octanol–water partition coefficient (Wildman–Crippen LogP) is 2.07. The molecule has 0 aliphatic carbocycles. The number of carbonyl (C=O) groups is 1. The van der Waals surface area contributed by atoms with Crippen molar-refractivity contribution in [2.45, 2.75) is 51.3 Å². The average Bonchev–Trinajstić information content (AvgIpc) is 2.37. The normalized spacial score (nSPS) is 23.1. The summed E-state index contributed by atoms with van der Waals surface area (Å²) < 4.78 is 5.65. The van der Waals surface area contributed by atoms with Gasteiger partial charge >= 0.3 is 0 Å². The molecule has 1 aliphatic heterocycles. The fraction of sp³-hybridized carbons (Fsp3) is 0.562. The number of carbonyl (C=O) groups excluding carboxylic acids is 1. The number of benzene rings is 1. The van der Waals surface area contributed by atoms with Crippen LogP contribution in [0.15, 0.2) is 24.3 Å². The Kier molecular flexibility index (Phi) is 4.45. The van der Waals surface area contributed by atoms with Crippen LogP contribution in [-0.4, -0.2) is 24.2 Å². The summed E-state index contributed by atoms with van der Waals surface area (Å²) in [6.45, 7) is 6.79. The first-order valence-electron chi connectivity index (χ1n) is 7.14. The molecule has 1 aromatic carbocycles. The van der Waals surface area contributed by atoms with Crippen LogP contribution in [0.25, 0.3) is 0 Å². The lowest BCUT2D eigenvalue weighted by atomic mass is 9.93. The molecule has 0 radical (unpaired) electrons. The van der Waals surface area contributed by atoms with Crippen LogP contribution in [-0.2, 0) is 9.53 Å². The molecule has 1 saturated heterocycles. The Morgan fingerprint density at radius 3 is 2.65 bits per heavy atom. The minimum atomic E-state index is -0.610. The molecule has 1 aliphatic rings. The topological polar surface area (TPSA) is 64.4 Å². The summed E-state index contributed by atoms with van der Waals surface area (Å²) in [4.78, 5) is 12.2. The van der Waals surface area contributed by atoms with Gasteiger partial charge in [-0.2, -0.15) is 0 Å². The lowest BCUT2D eigenvalue weighted by Gasteiger charge is -2.36. The van der Waals surface area contributed by atoms with E-state index >= 15 is 0 Å². The lowest BCUT2D eigenvalue weighted by Crippen LogP contribution is -2.48. The number of nitrogens with one attached hydrogen (secondary N) is 1. The van der Waals surface area contributed by atoms with Crippen molar-refractivity contribution in [3.63, 3.8) is 0 Å². The molecule has 2 unspecified atom stereocenters. The minimum absolute atomic E-state index is 0.114. The van der Waals surface area contributed by atoms with Crippen LogP contribution in [0.4, 0.5) is 0 Å². The van der Waals surface area contributed by atoms with Crippen molar-refractivity contribution >= 4 is 5.91 Å². The molecule has 2 rings (SSSR count). The second-order valence-corrected chi connectivity index (χ2v) is 6.19. The number of amides is 1. The summed E-state index contributed by atoms with van der Waals surface area (Å²) in [6, 6.07) is 7.30. The van der Waals surface area contributed by atoms with Gasteiger partial charge in [0.2, 0.25) is 5.91 Å². The zero-order valence-electron chi connectivity index (χ0n) is 12.5. The smallest absolute Gasteiger partial charge is 0.241 e. The van der Waals surface area contributed by atoms with Gasteiger partial charge in [0, 0.05) is 12.6 Å². The number of aryl methyl sites for hydroxylation is 1. The van der Waals surface area contributed by atoms with Crippen LogP contribution in [0.3, 0.4) is 0 Å². The summed E-state index contributed by atoms with van der Waals surface area (Å²) in [6.07, 6.45) is 1.66. The Hall–Kier alpha value is -1.39. The zero-order chi connectivity index (χ0) is 14.8. The second-order valence-electron chi connectivity index (χ2n) is 6.19. The highest BCUT2D eigenvalue weighted by Gasteiger charge is 2.30. The third-order valence-electron chi connectivity index (χ3n) is 3.76. The highest BCUT2D eigenvalue weighted by atomic mass is 16.5. The number of nitrogens with two attached hydrogens (primary N) is 1. The Balaban J connectivity index is 1.95. The molecule has 4 heteroatoms. The van der Waals surface area contributed by atoms with E-state index in [-0.39, 0.29) is 17.6 Å². The van der Waals surface area contributed by atoms with Gasteiger partial charge in [0.15, 0.2) is 0 Å². The molecule has 110 valence electrons. The van der Waals surface area contributed by atoms with Crippen molar-refractivity contribution in [1.82, 2.24) is 5.32 Å². The summed E-state index contributed by atoms with van der Waals surface area (Å²) in [5, 5.41) is 3.04. The van der Waals surface area contributed by atoms with E-state index in [1.165, 1.54) is 0 Å². The Morgan fingerprint density at radius 1 is 1.40 bits per heavy atom. The third-order valence-corrected chi connectivity index (χ3v) is 3.76. The molecule has 1 heterocycles. The molecule has 1 fully saturated rings. The summed E-state index contributed by atoms with van der Waals surface area (Å²) >= 11 is 0. The van der Waals surface area contributed by atoms with E-state index in [0.717, 1.165) is 24.0 Å².